The number of hydrogen-bond acceptors (Lipinski definition) is 3. The van der Waals surface area contributed by atoms with Gasteiger partial charge in [0.15, 0.2) is 0 Å². The minimum Gasteiger partial charge on any atom is -0.390 e. The number of ether oxygens (including phenoxy) is 1. The predicted octanol–water partition coefficient (Wildman–Crippen LogP) is 0.916. The maximum absolute atomic E-state index is 9.70. The Kier molecular flexibility index (Phi) is 5.35. The molecule has 1 rings (SSSR count). The molecule has 0 radical (unpaired) electrons. The molecule has 0 heterocycles. The summed E-state index contributed by atoms with van der Waals surface area (Å²) in [7, 11) is 1.91. The molecule has 2 atom stereocenters. The quantitative estimate of drug-likeness (QED) is 0.508. The Balaban J connectivity index is 2.19. The molecule has 0 amide bonds. The van der Waals surface area contributed by atoms with Gasteiger partial charge in [-0.05, 0) is 19.9 Å². The summed E-state index contributed by atoms with van der Waals surface area (Å²) in [4.78, 5) is 0. The minimum absolute atomic E-state index is 0.0795. The molecule has 1 aliphatic carbocycles. The molecule has 78 valence electrons. The minimum atomic E-state index is -0.237. The second-order valence-corrected chi connectivity index (χ2v) is 3.72. The fourth-order valence-corrected chi connectivity index (χ4v) is 1.76. The summed E-state index contributed by atoms with van der Waals surface area (Å²) in [6.45, 7) is 1.57. The van der Waals surface area contributed by atoms with Gasteiger partial charge in [0.25, 0.3) is 0 Å². The third kappa shape index (κ3) is 4.07. The van der Waals surface area contributed by atoms with E-state index < -0.39 is 0 Å². The smallest absolute Gasteiger partial charge is 0.0834 e. The Bertz CT molecular complexity index is 130. The molecule has 0 aliphatic heterocycles. The highest BCUT2D eigenvalue weighted by atomic mass is 16.5. The standard InChI is InChI=1S/C10H21NO2/c1-11-7-8-13-10-6-4-2-3-5-9(10)12/h9-12H,2-8H2,1H3. The monoisotopic (exact) mass is 187 g/mol. The van der Waals surface area contributed by atoms with Crippen molar-refractivity contribution in [1.29, 1.82) is 0 Å². The second kappa shape index (κ2) is 6.35. The lowest BCUT2D eigenvalue weighted by atomic mass is 10.1. The lowest BCUT2D eigenvalue weighted by Gasteiger charge is -2.20. The van der Waals surface area contributed by atoms with Crippen LogP contribution >= 0.6 is 0 Å². The van der Waals surface area contributed by atoms with Crippen molar-refractivity contribution in [1.82, 2.24) is 5.32 Å². The molecule has 0 aromatic rings. The predicted molar refractivity (Wildman–Crippen MR) is 52.8 cm³/mol. The van der Waals surface area contributed by atoms with Crippen molar-refractivity contribution in [2.45, 2.75) is 44.3 Å². The average molecular weight is 187 g/mol. The third-order valence-corrected chi connectivity index (χ3v) is 2.60. The lowest BCUT2D eigenvalue weighted by molar-refractivity contribution is -0.0384. The van der Waals surface area contributed by atoms with E-state index in [1.165, 1.54) is 12.8 Å². The number of aliphatic hydroxyl groups excluding tert-OH is 1. The SMILES string of the molecule is CNCCOC1CCCCCC1O. The van der Waals surface area contributed by atoms with Crippen molar-refractivity contribution in [2.75, 3.05) is 20.2 Å². The Labute approximate surface area is 80.5 Å². The van der Waals surface area contributed by atoms with Gasteiger partial charge in [0.05, 0.1) is 18.8 Å². The van der Waals surface area contributed by atoms with Crippen LogP contribution < -0.4 is 5.32 Å². The molecule has 3 heteroatoms. The molecule has 13 heavy (non-hydrogen) atoms. The van der Waals surface area contributed by atoms with E-state index in [1.54, 1.807) is 0 Å². The Morgan fingerprint density at radius 2 is 2.08 bits per heavy atom. The van der Waals surface area contributed by atoms with E-state index >= 15 is 0 Å². The van der Waals surface area contributed by atoms with Crippen LogP contribution in [0.5, 0.6) is 0 Å². The maximum Gasteiger partial charge on any atom is 0.0834 e. The van der Waals surface area contributed by atoms with Crippen molar-refractivity contribution >= 4 is 0 Å². The van der Waals surface area contributed by atoms with Gasteiger partial charge in [-0.2, -0.15) is 0 Å². The van der Waals surface area contributed by atoms with E-state index in [2.05, 4.69) is 5.32 Å². The maximum atomic E-state index is 9.70. The van der Waals surface area contributed by atoms with Crippen molar-refractivity contribution in [3.63, 3.8) is 0 Å². The molecule has 0 aromatic heterocycles. The normalized spacial score (nSPS) is 30.0. The Morgan fingerprint density at radius 3 is 2.85 bits per heavy atom. The highest BCUT2D eigenvalue weighted by molar-refractivity contribution is 4.73. The highest BCUT2D eigenvalue weighted by Gasteiger charge is 2.21. The van der Waals surface area contributed by atoms with E-state index in [1.807, 2.05) is 7.05 Å². The Morgan fingerprint density at radius 1 is 1.31 bits per heavy atom. The van der Waals surface area contributed by atoms with Crippen LogP contribution in [0.3, 0.4) is 0 Å². The molecule has 2 N–H and O–H groups in total. The zero-order chi connectivity index (χ0) is 9.52. The van der Waals surface area contributed by atoms with E-state index in [0.29, 0.717) is 6.61 Å². The van der Waals surface area contributed by atoms with Gasteiger partial charge in [-0.25, -0.2) is 0 Å². The summed E-state index contributed by atoms with van der Waals surface area (Å²) in [5.41, 5.74) is 0. The molecular formula is C10H21NO2. The van der Waals surface area contributed by atoms with E-state index in [0.717, 1.165) is 25.8 Å². The molecule has 1 saturated carbocycles. The lowest BCUT2D eigenvalue weighted by Crippen LogP contribution is -2.30. The fraction of sp³-hybridized carbons (Fsp3) is 1.00. The molecule has 0 aromatic carbocycles. The topological polar surface area (TPSA) is 41.5 Å². The van der Waals surface area contributed by atoms with Gasteiger partial charge in [-0.15, -0.1) is 0 Å². The first kappa shape index (κ1) is 11.0. The van der Waals surface area contributed by atoms with Gasteiger partial charge in [0.2, 0.25) is 0 Å². The molecule has 1 aliphatic rings. The number of aliphatic hydroxyl groups is 1. The van der Waals surface area contributed by atoms with Gasteiger partial charge in [-0.3, -0.25) is 0 Å². The number of nitrogens with one attached hydrogen (secondary N) is 1. The Hall–Kier alpha value is -0.120. The van der Waals surface area contributed by atoms with Crippen molar-refractivity contribution in [3.8, 4) is 0 Å². The van der Waals surface area contributed by atoms with Crippen LogP contribution in [0, 0.1) is 0 Å². The van der Waals surface area contributed by atoms with Crippen LogP contribution in [0.4, 0.5) is 0 Å². The zero-order valence-electron chi connectivity index (χ0n) is 8.46. The molecule has 0 saturated heterocycles. The largest absolute Gasteiger partial charge is 0.390 e. The van der Waals surface area contributed by atoms with E-state index in [-0.39, 0.29) is 12.2 Å². The fourth-order valence-electron chi connectivity index (χ4n) is 1.76. The molecule has 0 spiro atoms. The summed E-state index contributed by atoms with van der Waals surface area (Å²) < 4.78 is 5.60. The first-order valence-electron chi connectivity index (χ1n) is 5.29. The molecule has 3 nitrogen and oxygen atoms in total. The summed E-state index contributed by atoms with van der Waals surface area (Å²) >= 11 is 0. The van der Waals surface area contributed by atoms with Gasteiger partial charge < -0.3 is 15.2 Å². The van der Waals surface area contributed by atoms with Gasteiger partial charge >= 0.3 is 0 Å². The summed E-state index contributed by atoms with van der Waals surface area (Å²) in [5, 5.41) is 12.7. The molecular weight excluding hydrogens is 166 g/mol. The summed E-state index contributed by atoms with van der Waals surface area (Å²) in [6, 6.07) is 0. The first-order chi connectivity index (χ1) is 6.34. The second-order valence-electron chi connectivity index (χ2n) is 3.72. The van der Waals surface area contributed by atoms with E-state index in [9.17, 15) is 5.11 Å². The number of likely N-dealkylation sites (N-methyl/N-ethyl adjacent to an activating group) is 1. The van der Waals surface area contributed by atoms with Crippen LogP contribution in [0.15, 0.2) is 0 Å². The molecule has 2 unspecified atom stereocenters. The van der Waals surface area contributed by atoms with Crippen LogP contribution in [0.2, 0.25) is 0 Å². The number of hydrogen-bond donors (Lipinski definition) is 2. The van der Waals surface area contributed by atoms with Crippen LogP contribution in [0.25, 0.3) is 0 Å². The average Bonchev–Trinajstić information content (AvgIpc) is 2.32. The van der Waals surface area contributed by atoms with Gasteiger partial charge in [0.1, 0.15) is 0 Å². The zero-order valence-corrected chi connectivity index (χ0v) is 8.46. The van der Waals surface area contributed by atoms with Crippen molar-refractivity contribution in [2.24, 2.45) is 0 Å². The van der Waals surface area contributed by atoms with Gasteiger partial charge in [-0.1, -0.05) is 19.3 Å². The summed E-state index contributed by atoms with van der Waals surface area (Å²) in [6.07, 6.45) is 5.35. The van der Waals surface area contributed by atoms with Crippen LogP contribution in [-0.2, 0) is 4.74 Å². The van der Waals surface area contributed by atoms with Crippen molar-refractivity contribution in [3.05, 3.63) is 0 Å². The van der Waals surface area contributed by atoms with Crippen molar-refractivity contribution < 1.29 is 9.84 Å². The summed E-state index contributed by atoms with van der Waals surface area (Å²) in [5.74, 6) is 0. The molecule has 0 bridgehead atoms. The van der Waals surface area contributed by atoms with Gasteiger partial charge in [0, 0.05) is 6.54 Å². The van der Waals surface area contributed by atoms with Crippen LogP contribution in [0.1, 0.15) is 32.1 Å². The third-order valence-electron chi connectivity index (χ3n) is 2.60. The molecule has 1 fully saturated rings. The van der Waals surface area contributed by atoms with Crippen LogP contribution in [-0.4, -0.2) is 37.5 Å². The first-order valence-corrected chi connectivity index (χ1v) is 5.29. The number of rotatable bonds is 4. The van der Waals surface area contributed by atoms with E-state index in [4.69, 9.17) is 4.74 Å². The highest BCUT2D eigenvalue weighted by Crippen LogP contribution is 2.20.